The van der Waals surface area contributed by atoms with E-state index >= 15 is 0 Å². The smallest absolute Gasteiger partial charge is 0.251 e. The van der Waals surface area contributed by atoms with Crippen LogP contribution in [0.2, 0.25) is 5.02 Å². The zero-order valence-corrected chi connectivity index (χ0v) is 20.6. The zero-order valence-electron chi connectivity index (χ0n) is 19.8. The molecule has 34 heavy (non-hydrogen) atoms. The van der Waals surface area contributed by atoms with Gasteiger partial charge >= 0.3 is 0 Å². The molecule has 0 aliphatic carbocycles. The summed E-state index contributed by atoms with van der Waals surface area (Å²) in [6.07, 6.45) is 1.86. The van der Waals surface area contributed by atoms with Crippen molar-refractivity contribution >= 4 is 28.5 Å². The van der Waals surface area contributed by atoms with Gasteiger partial charge in [-0.3, -0.25) is 4.79 Å². The Labute approximate surface area is 205 Å². The van der Waals surface area contributed by atoms with E-state index in [-0.39, 0.29) is 11.9 Å². The van der Waals surface area contributed by atoms with Crippen molar-refractivity contribution in [3.05, 3.63) is 94.3 Å². The van der Waals surface area contributed by atoms with Crippen LogP contribution in [0.4, 0.5) is 0 Å². The van der Waals surface area contributed by atoms with Gasteiger partial charge in [0, 0.05) is 17.1 Å². The molecular formula is C28H30ClN3O2. The van der Waals surface area contributed by atoms with E-state index in [9.17, 15) is 4.79 Å². The van der Waals surface area contributed by atoms with Gasteiger partial charge in [0.1, 0.15) is 11.6 Å². The van der Waals surface area contributed by atoms with E-state index in [0.29, 0.717) is 17.2 Å². The maximum Gasteiger partial charge on any atom is 0.251 e. The number of para-hydroxylation sites is 2. The molecule has 6 heteroatoms. The number of hydrogen-bond acceptors (Lipinski definition) is 3. The third-order valence-electron chi connectivity index (χ3n) is 5.90. The lowest BCUT2D eigenvalue weighted by Crippen LogP contribution is -2.28. The minimum atomic E-state index is -0.248. The topological polar surface area (TPSA) is 56.1 Å². The molecule has 0 saturated heterocycles. The van der Waals surface area contributed by atoms with E-state index in [2.05, 4.69) is 48.0 Å². The van der Waals surface area contributed by atoms with E-state index in [1.807, 2.05) is 25.1 Å². The highest BCUT2D eigenvalue weighted by atomic mass is 35.5. The van der Waals surface area contributed by atoms with Gasteiger partial charge in [0.2, 0.25) is 0 Å². The van der Waals surface area contributed by atoms with Crippen molar-refractivity contribution in [1.82, 2.24) is 14.9 Å². The fourth-order valence-electron chi connectivity index (χ4n) is 4.02. The van der Waals surface area contributed by atoms with Crippen LogP contribution in [-0.4, -0.2) is 22.1 Å². The highest BCUT2D eigenvalue weighted by Gasteiger charge is 2.19. The van der Waals surface area contributed by atoms with Crippen molar-refractivity contribution in [3.8, 4) is 5.75 Å². The maximum absolute atomic E-state index is 12.7. The van der Waals surface area contributed by atoms with Crippen LogP contribution < -0.4 is 10.1 Å². The lowest BCUT2D eigenvalue weighted by molar-refractivity contribution is 0.0937. The van der Waals surface area contributed by atoms with Gasteiger partial charge in [-0.25, -0.2) is 4.98 Å². The summed E-state index contributed by atoms with van der Waals surface area (Å²) in [5.74, 6) is 1.65. The number of rotatable bonds is 9. The molecule has 1 atom stereocenters. The highest BCUT2D eigenvalue weighted by Crippen LogP contribution is 2.23. The molecule has 0 fully saturated rings. The molecule has 4 rings (SSSR count). The fraction of sp³-hybridized carbons (Fsp3) is 0.286. The summed E-state index contributed by atoms with van der Waals surface area (Å²) in [6.45, 7) is 7.57. The molecule has 1 heterocycles. The van der Waals surface area contributed by atoms with Crippen molar-refractivity contribution in [2.45, 2.75) is 46.2 Å². The standard InChI is InChI=1S/C28H30ClN3O2/c1-19-10-11-20(2)26(18-19)34-17-7-6-16-32-25-9-5-4-8-24(25)31-27(32)21(3)30-28(33)22-12-14-23(29)15-13-22/h4-5,8-15,18,21H,6-7,16-17H2,1-3H3,(H,30,33). The van der Waals surface area contributed by atoms with Crippen LogP contribution in [-0.2, 0) is 6.54 Å². The Morgan fingerprint density at radius 2 is 1.82 bits per heavy atom. The van der Waals surface area contributed by atoms with Gasteiger partial charge in [0.25, 0.3) is 5.91 Å². The molecule has 1 amide bonds. The number of carbonyl (C=O) groups excluding carboxylic acids is 1. The van der Waals surface area contributed by atoms with Crippen LogP contribution in [0.1, 0.15) is 53.1 Å². The Morgan fingerprint density at radius 1 is 1.06 bits per heavy atom. The quantitative estimate of drug-likeness (QED) is 0.275. The third-order valence-corrected chi connectivity index (χ3v) is 6.15. The molecule has 0 spiro atoms. The van der Waals surface area contributed by atoms with Gasteiger partial charge in [-0.05, 0) is 87.2 Å². The van der Waals surface area contributed by atoms with Crippen molar-refractivity contribution in [2.75, 3.05) is 6.61 Å². The van der Waals surface area contributed by atoms with E-state index in [1.54, 1.807) is 24.3 Å². The summed E-state index contributed by atoms with van der Waals surface area (Å²) >= 11 is 5.95. The number of nitrogens with zero attached hydrogens (tertiary/aromatic N) is 2. The van der Waals surface area contributed by atoms with Gasteiger partial charge in [0.15, 0.2) is 0 Å². The minimum absolute atomic E-state index is 0.148. The fourth-order valence-corrected chi connectivity index (χ4v) is 4.15. The summed E-state index contributed by atoms with van der Waals surface area (Å²) in [5.41, 5.74) is 4.92. The van der Waals surface area contributed by atoms with Crippen LogP contribution in [0.25, 0.3) is 11.0 Å². The Kier molecular flexibility index (Phi) is 7.53. The summed E-state index contributed by atoms with van der Waals surface area (Å²) in [4.78, 5) is 17.6. The van der Waals surface area contributed by atoms with Crippen LogP contribution >= 0.6 is 11.6 Å². The van der Waals surface area contributed by atoms with Crippen molar-refractivity contribution in [3.63, 3.8) is 0 Å². The van der Waals surface area contributed by atoms with Gasteiger partial charge in [-0.15, -0.1) is 0 Å². The van der Waals surface area contributed by atoms with Crippen LogP contribution in [0.15, 0.2) is 66.7 Å². The predicted octanol–water partition coefficient (Wildman–Crippen LogP) is 6.66. The average molecular weight is 476 g/mol. The van der Waals surface area contributed by atoms with Crippen LogP contribution in [0, 0.1) is 13.8 Å². The van der Waals surface area contributed by atoms with Crippen molar-refractivity contribution in [2.24, 2.45) is 0 Å². The number of amides is 1. The molecule has 4 aromatic rings. The number of imidazole rings is 1. The number of nitrogens with one attached hydrogen (secondary N) is 1. The number of benzene rings is 3. The molecule has 0 radical (unpaired) electrons. The number of aryl methyl sites for hydroxylation is 3. The van der Waals surface area contributed by atoms with Gasteiger partial charge in [0.05, 0.1) is 23.7 Å². The first-order valence-electron chi connectivity index (χ1n) is 11.6. The molecular weight excluding hydrogens is 446 g/mol. The first kappa shape index (κ1) is 23.8. The summed E-state index contributed by atoms with van der Waals surface area (Å²) in [7, 11) is 0. The largest absolute Gasteiger partial charge is 0.493 e. The Hall–Kier alpha value is -3.31. The van der Waals surface area contributed by atoms with E-state index < -0.39 is 0 Å². The normalized spacial score (nSPS) is 12.0. The molecule has 0 bridgehead atoms. The number of aromatic nitrogens is 2. The Morgan fingerprint density at radius 3 is 2.62 bits per heavy atom. The zero-order chi connectivity index (χ0) is 24.1. The summed E-state index contributed by atoms with van der Waals surface area (Å²) in [5, 5.41) is 3.68. The molecule has 5 nitrogen and oxygen atoms in total. The Bertz CT molecular complexity index is 1280. The number of ether oxygens (including phenoxy) is 1. The number of halogens is 1. The second-order valence-electron chi connectivity index (χ2n) is 8.64. The molecule has 1 N–H and O–H groups in total. The number of fused-ring (bicyclic) bond motifs is 1. The SMILES string of the molecule is Cc1ccc(C)c(OCCCCn2c(C(C)NC(=O)c3ccc(Cl)cc3)nc3ccccc32)c1. The monoisotopic (exact) mass is 475 g/mol. The predicted molar refractivity (Wildman–Crippen MR) is 138 cm³/mol. The van der Waals surface area contributed by atoms with E-state index in [4.69, 9.17) is 21.3 Å². The van der Waals surface area contributed by atoms with Crippen molar-refractivity contribution < 1.29 is 9.53 Å². The highest BCUT2D eigenvalue weighted by molar-refractivity contribution is 6.30. The first-order chi connectivity index (χ1) is 16.4. The molecule has 1 aromatic heterocycles. The molecule has 1 unspecified atom stereocenters. The number of unbranched alkanes of at least 4 members (excludes halogenated alkanes) is 1. The van der Waals surface area contributed by atoms with Gasteiger partial charge in [-0.2, -0.15) is 0 Å². The Balaban J connectivity index is 1.42. The molecule has 0 aliphatic rings. The molecule has 3 aromatic carbocycles. The summed E-state index contributed by atoms with van der Waals surface area (Å²) < 4.78 is 8.23. The first-order valence-corrected chi connectivity index (χ1v) is 12.0. The molecule has 0 aliphatic heterocycles. The second kappa shape index (κ2) is 10.7. The van der Waals surface area contributed by atoms with Crippen LogP contribution in [0.5, 0.6) is 5.75 Å². The van der Waals surface area contributed by atoms with E-state index in [0.717, 1.165) is 47.6 Å². The lowest BCUT2D eigenvalue weighted by Gasteiger charge is -2.17. The van der Waals surface area contributed by atoms with Crippen molar-refractivity contribution in [1.29, 1.82) is 0 Å². The number of hydrogen-bond donors (Lipinski definition) is 1. The molecule has 176 valence electrons. The second-order valence-corrected chi connectivity index (χ2v) is 9.07. The third kappa shape index (κ3) is 5.60. The number of carbonyl (C=O) groups is 1. The van der Waals surface area contributed by atoms with Gasteiger partial charge in [-0.1, -0.05) is 35.9 Å². The maximum atomic E-state index is 12.7. The van der Waals surface area contributed by atoms with E-state index in [1.165, 1.54) is 5.56 Å². The van der Waals surface area contributed by atoms with Crippen LogP contribution in [0.3, 0.4) is 0 Å². The molecule has 0 saturated carbocycles. The summed E-state index contributed by atoms with van der Waals surface area (Å²) in [6, 6.07) is 21.0. The average Bonchev–Trinajstić information content (AvgIpc) is 3.20. The lowest BCUT2D eigenvalue weighted by atomic mass is 10.1. The van der Waals surface area contributed by atoms with Gasteiger partial charge < -0.3 is 14.6 Å². The minimum Gasteiger partial charge on any atom is -0.493 e.